The van der Waals surface area contributed by atoms with Crippen LogP contribution < -0.4 is 4.90 Å². The van der Waals surface area contributed by atoms with Crippen molar-refractivity contribution < 1.29 is 4.79 Å². The van der Waals surface area contributed by atoms with E-state index in [9.17, 15) is 4.79 Å². The Kier molecular flexibility index (Phi) is 5.13. The molecule has 2 aliphatic rings. The Morgan fingerprint density at radius 1 is 1.33 bits per heavy atom. The molecule has 116 valence electrons. The predicted molar refractivity (Wildman–Crippen MR) is 87.1 cm³/mol. The van der Waals surface area contributed by atoms with Crippen LogP contribution in [0.15, 0.2) is 4.34 Å². The minimum Gasteiger partial charge on any atom is -0.303 e. The highest BCUT2D eigenvalue weighted by molar-refractivity contribution is 8.01. The van der Waals surface area contributed by atoms with Gasteiger partial charge in [-0.05, 0) is 38.8 Å². The molecule has 0 spiro atoms. The second-order valence-electron chi connectivity index (χ2n) is 5.72. The number of amides is 1. The van der Waals surface area contributed by atoms with Crippen molar-refractivity contribution in [2.75, 3.05) is 30.3 Å². The third-order valence-corrected chi connectivity index (χ3v) is 5.97. The van der Waals surface area contributed by atoms with Crippen LogP contribution in [-0.4, -0.2) is 52.4 Å². The molecule has 1 saturated carbocycles. The van der Waals surface area contributed by atoms with Gasteiger partial charge in [0.05, 0.1) is 0 Å². The van der Waals surface area contributed by atoms with Crippen molar-refractivity contribution in [3.63, 3.8) is 0 Å². The van der Waals surface area contributed by atoms with Crippen LogP contribution in [0.4, 0.5) is 5.13 Å². The van der Waals surface area contributed by atoms with E-state index in [1.54, 1.807) is 30.0 Å². The molecule has 2 fully saturated rings. The van der Waals surface area contributed by atoms with Crippen LogP contribution in [-0.2, 0) is 4.79 Å². The van der Waals surface area contributed by atoms with Crippen molar-refractivity contribution in [2.45, 2.75) is 49.4 Å². The minimum absolute atomic E-state index is 0.0820. The quantitative estimate of drug-likeness (QED) is 0.594. The van der Waals surface area contributed by atoms with E-state index in [1.807, 2.05) is 4.90 Å². The molecule has 0 atom stereocenters. The van der Waals surface area contributed by atoms with Crippen LogP contribution in [0.5, 0.6) is 0 Å². The van der Waals surface area contributed by atoms with Crippen molar-refractivity contribution in [1.29, 1.82) is 0 Å². The summed E-state index contributed by atoms with van der Waals surface area (Å²) in [5, 5.41) is 9.20. The molecule has 2 heterocycles. The summed E-state index contributed by atoms with van der Waals surface area (Å²) in [4.78, 5) is 16.1. The first-order chi connectivity index (χ1) is 10.2. The first kappa shape index (κ1) is 15.2. The fourth-order valence-corrected chi connectivity index (χ4v) is 4.71. The molecule has 0 radical (unpaired) electrons. The second kappa shape index (κ2) is 7.07. The molecule has 1 aliphatic carbocycles. The fourth-order valence-electron chi connectivity index (χ4n) is 2.68. The lowest BCUT2D eigenvalue weighted by Crippen LogP contribution is -2.31. The van der Waals surface area contributed by atoms with Crippen molar-refractivity contribution in [2.24, 2.45) is 0 Å². The monoisotopic (exact) mass is 326 g/mol. The fraction of sp³-hybridized carbons (Fsp3) is 0.786. The number of piperidine rings is 1. The van der Waals surface area contributed by atoms with Gasteiger partial charge in [0, 0.05) is 25.3 Å². The smallest absolute Gasteiger partial charge is 0.225 e. The van der Waals surface area contributed by atoms with E-state index in [0.717, 1.165) is 34.6 Å². The Balaban J connectivity index is 1.49. The Labute approximate surface area is 134 Å². The lowest BCUT2D eigenvalue weighted by molar-refractivity contribution is -0.116. The third kappa shape index (κ3) is 4.17. The standard InChI is InChI=1S/C14H22N4OS2/c1-11(19)18(12-5-6-12)13-15-16-14(21-13)20-10-9-17-7-3-2-4-8-17/h12H,2-10H2,1H3. The van der Waals surface area contributed by atoms with Crippen LogP contribution in [0.3, 0.4) is 0 Å². The number of carbonyl (C=O) groups is 1. The van der Waals surface area contributed by atoms with Crippen molar-refractivity contribution in [3.05, 3.63) is 0 Å². The summed E-state index contributed by atoms with van der Waals surface area (Å²) in [5.41, 5.74) is 0. The molecule has 5 nitrogen and oxygen atoms in total. The number of carbonyl (C=O) groups excluding carboxylic acids is 1. The molecule has 21 heavy (non-hydrogen) atoms. The van der Waals surface area contributed by atoms with Crippen molar-refractivity contribution in [1.82, 2.24) is 15.1 Å². The maximum atomic E-state index is 11.7. The number of thioether (sulfide) groups is 1. The van der Waals surface area contributed by atoms with Crippen molar-refractivity contribution in [3.8, 4) is 0 Å². The molecule has 0 N–H and O–H groups in total. The Hall–Kier alpha value is -0.660. The number of anilines is 1. The molecule has 1 aromatic heterocycles. The topological polar surface area (TPSA) is 49.3 Å². The van der Waals surface area contributed by atoms with Crippen LogP contribution in [0, 0.1) is 0 Å². The number of hydrogen-bond donors (Lipinski definition) is 0. The SMILES string of the molecule is CC(=O)N(c1nnc(SCCN2CCCCC2)s1)C1CC1. The van der Waals surface area contributed by atoms with Gasteiger partial charge in [0.1, 0.15) is 0 Å². The van der Waals surface area contributed by atoms with E-state index < -0.39 is 0 Å². The van der Waals surface area contributed by atoms with E-state index in [2.05, 4.69) is 15.1 Å². The number of likely N-dealkylation sites (tertiary alicyclic amines) is 1. The van der Waals surface area contributed by atoms with E-state index >= 15 is 0 Å². The van der Waals surface area contributed by atoms with E-state index in [0.29, 0.717) is 6.04 Å². The molecule has 1 amide bonds. The van der Waals surface area contributed by atoms with Crippen LogP contribution in [0.2, 0.25) is 0 Å². The number of rotatable bonds is 6. The summed E-state index contributed by atoms with van der Waals surface area (Å²) >= 11 is 3.31. The molecule has 0 unspecified atom stereocenters. The summed E-state index contributed by atoms with van der Waals surface area (Å²) < 4.78 is 0.980. The highest BCUT2D eigenvalue weighted by Crippen LogP contribution is 2.35. The summed E-state index contributed by atoms with van der Waals surface area (Å²) in [7, 11) is 0. The summed E-state index contributed by atoms with van der Waals surface area (Å²) in [6.45, 7) is 5.21. The second-order valence-corrected chi connectivity index (χ2v) is 8.02. The zero-order valence-corrected chi connectivity index (χ0v) is 14.1. The summed E-state index contributed by atoms with van der Waals surface area (Å²) in [6, 6.07) is 0.363. The van der Waals surface area contributed by atoms with E-state index in [-0.39, 0.29) is 5.91 Å². The van der Waals surface area contributed by atoms with Gasteiger partial charge in [0.2, 0.25) is 11.0 Å². The lowest BCUT2D eigenvalue weighted by Gasteiger charge is -2.25. The van der Waals surface area contributed by atoms with Gasteiger partial charge in [-0.2, -0.15) is 0 Å². The van der Waals surface area contributed by atoms with Crippen molar-refractivity contribution >= 4 is 34.1 Å². The summed E-state index contributed by atoms with van der Waals surface area (Å²) in [5.74, 6) is 1.14. The molecule has 1 saturated heterocycles. The molecule has 1 aromatic rings. The van der Waals surface area contributed by atoms with Gasteiger partial charge >= 0.3 is 0 Å². The number of aromatic nitrogens is 2. The third-order valence-electron chi connectivity index (χ3n) is 3.93. The van der Waals surface area contributed by atoms with Crippen LogP contribution in [0.25, 0.3) is 0 Å². The Morgan fingerprint density at radius 3 is 2.76 bits per heavy atom. The molecule has 0 aromatic carbocycles. The van der Waals surface area contributed by atoms with E-state index in [1.165, 1.54) is 32.4 Å². The molecule has 3 rings (SSSR count). The first-order valence-corrected chi connectivity index (χ1v) is 9.53. The minimum atomic E-state index is 0.0820. The Bertz CT molecular complexity index is 483. The Morgan fingerprint density at radius 2 is 2.10 bits per heavy atom. The molecule has 0 bridgehead atoms. The van der Waals surface area contributed by atoms with Crippen LogP contribution in [0.1, 0.15) is 39.0 Å². The van der Waals surface area contributed by atoms with Gasteiger partial charge in [-0.15, -0.1) is 10.2 Å². The largest absolute Gasteiger partial charge is 0.303 e. The maximum Gasteiger partial charge on any atom is 0.225 e. The predicted octanol–water partition coefficient (Wildman–Crippen LogP) is 2.63. The first-order valence-electron chi connectivity index (χ1n) is 7.72. The van der Waals surface area contributed by atoms with Gasteiger partial charge in [-0.25, -0.2) is 0 Å². The zero-order valence-electron chi connectivity index (χ0n) is 12.5. The molecular weight excluding hydrogens is 304 g/mol. The molecular formula is C14H22N4OS2. The van der Waals surface area contributed by atoms with Gasteiger partial charge < -0.3 is 4.90 Å². The van der Waals surface area contributed by atoms with Gasteiger partial charge in [0.15, 0.2) is 4.34 Å². The zero-order chi connectivity index (χ0) is 14.7. The van der Waals surface area contributed by atoms with Gasteiger partial charge in [0.25, 0.3) is 0 Å². The van der Waals surface area contributed by atoms with E-state index in [4.69, 9.17) is 0 Å². The number of nitrogens with zero attached hydrogens (tertiary/aromatic N) is 4. The van der Waals surface area contributed by atoms with Gasteiger partial charge in [-0.1, -0.05) is 29.5 Å². The normalized spacial score (nSPS) is 19.7. The molecule has 7 heteroatoms. The number of hydrogen-bond acceptors (Lipinski definition) is 6. The molecule has 1 aliphatic heterocycles. The van der Waals surface area contributed by atoms with Gasteiger partial charge in [-0.3, -0.25) is 9.69 Å². The van der Waals surface area contributed by atoms with Crippen LogP contribution >= 0.6 is 23.1 Å². The lowest BCUT2D eigenvalue weighted by atomic mass is 10.1. The highest BCUT2D eigenvalue weighted by atomic mass is 32.2. The summed E-state index contributed by atoms with van der Waals surface area (Å²) in [6.07, 6.45) is 6.24. The highest BCUT2D eigenvalue weighted by Gasteiger charge is 2.34. The maximum absolute atomic E-state index is 11.7. The average Bonchev–Trinajstić information content (AvgIpc) is 3.19. The average molecular weight is 326 g/mol.